The Kier molecular flexibility index (Phi) is 10.4. The Labute approximate surface area is 241 Å². The summed E-state index contributed by atoms with van der Waals surface area (Å²) in [5.74, 6) is -2.18. The molecule has 1 fully saturated rings. The van der Waals surface area contributed by atoms with E-state index in [-0.39, 0.29) is 28.4 Å². The molecule has 1 aliphatic rings. The van der Waals surface area contributed by atoms with Crippen LogP contribution in [0.25, 0.3) is 0 Å². The van der Waals surface area contributed by atoms with E-state index in [4.69, 9.17) is 23.2 Å². The molecule has 6 nitrogen and oxygen atoms in total. The number of hydrogen-bond acceptors (Lipinski definition) is 3. The van der Waals surface area contributed by atoms with Gasteiger partial charge in [-0.3, -0.25) is 14.4 Å². The van der Waals surface area contributed by atoms with Crippen molar-refractivity contribution in [1.29, 1.82) is 0 Å². The lowest BCUT2D eigenvalue weighted by atomic mass is 10.0. The molecule has 41 heavy (non-hydrogen) atoms. The van der Waals surface area contributed by atoms with Gasteiger partial charge in [-0.1, -0.05) is 35.3 Å². The number of rotatable bonds is 7. The minimum Gasteiger partial charge on any atom is -0.354 e. The number of alkyl halides is 6. The normalized spacial score (nSPS) is 17.1. The molecule has 1 aliphatic heterocycles. The Morgan fingerprint density at radius 1 is 1.02 bits per heavy atom. The van der Waals surface area contributed by atoms with Gasteiger partial charge in [0.25, 0.3) is 5.91 Å². The summed E-state index contributed by atoms with van der Waals surface area (Å²) in [6.45, 7) is 0.477. The van der Waals surface area contributed by atoms with E-state index in [1.54, 1.807) is 6.07 Å². The highest BCUT2D eigenvalue weighted by Crippen LogP contribution is 2.36. The Hall–Kier alpha value is -3.25. The number of carbonyl (C=O) groups excluding carboxylic acids is 3. The molecule has 0 bridgehead atoms. The molecule has 0 spiro atoms. The minimum absolute atomic E-state index is 0.0298. The largest absolute Gasteiger partial charge is 0.416 e. The Bertz CT molecular complexity index is 1300. The summed E-state index contributed by atoms with van der Waals surface area (Å²) in [6.07, 6.45) is -6.14. The van der Waals surface area contributed by atoms with Gasteiger partial charge in [-0.05, 0) is 61.6 Å². The van der Waals surface area contributed by atoms with Crippen molar-refractivity contribution in [2.24, 2.45) is 0 Å². The van der Waals surface area contributed by atoms with Crippen molar-refractivity contribution in [3.05, 3.63) is 80.8 Å². The third-order valence-corrected chi connectivity index (χ3v) is 7.14. The van der Waals surface area contributed by atoms with Crippen LogP contribution in [0.4, 0.5) is 26.3 Å². The molecule has 2 aromatic carbocycles. The summed E-state index contributed by atoms with van der Waals surface area (Å²) in [6, 6.07) is 3.31. The zero-order chi connectivity index (χ0) is 30.5. The summed E-state index contributed by atoms with van der Waals surface area (Å²) in [7, 11) is 1.18. The summed E-state index contributed by atoms with van der Waals surface area (Å²) in [5, 5.41) is 5.64. The molecule has 222 valence electrons. The fourth-order valence-corrected chi connectivity index (χ4v) is 4.49. The second-order valence-electron chi connectivity index (χ2n) is 9.44. The van der Waals surface area contributed by atoms with E-state index in [0.29, 0.717) is 37.1 Å². The first kappa shape index (κ1) is 32.3. The van der Waals surface area contributed by atoms with E-state index in [9.17, 15) is 40.7 Å². The highest BCUT2D eigenvalue weighted by Gasteiger charge is 2.38. The average molecular weight is 624 g/mol. The van der Waals surface area contributed by atoms with Gasteiger partial charge in [0, 0.05) is 25.2 Å². The van der Waals surface area contributed by atoms with E-state index in [1.165, 1.54) is 25.3 Å². The second kappa shape index (κ2) is 13.2. The van der Waals surface area contributed by atoms with Crippen LogP contribution in [-0.4, -0.2) is 48.3 Å². The minimum atomic E-state index is -5.14. The lowest BCUT2D eigenvalue weighted by molar-refractivity contribution is -0.143. The van der Waals surface area contributed by atoms with E-state index < -0.39 is 52.9 Å². The van der Waals surface area contributed by atoms with Gasteiger partial charge in [0.1, 0.15) is 6.04 Å². The number of hydrogen-bond donors (Lipinski definition) is 2. The Morgan fingerprint density at radius 2 is 1.66 bits per heavy atom. The lowest BCUT2D eigenvalue weighted by Gasteiger charge is -2.27. The van der Waals surface area contributed by atoms with Crippen molar-refractivity contribution in [1.82, 2.24) is 15.5 Å². The van der Waals surface area contributed by atoms with Crippen molar-refractivity contribution in [3.8, 4) is 0 Å². The molecule has 0 radical (unpaired) electrons. The van der Waals surface area contributed by atoms with E-state index in [0.717, 1.165) is 17.4 Å². The number of nitrogens with one attached hydrogen (secondary N) is 2. The maximum Gasteiger partial charge on any atom is 0.416 e. The average Bonchev–Trinajstić information content (AvgIpc) is 3.10. The molecule has 1 heterocycles. The van der Waals surface area contributed by atoms with Gasteiger partial charge in [0.05, 0.1) is 27.2 Å². The van der Waals surface area contributed by atoms with Gasteiger partial charge in [-0.2, -0.15) is 26.3 Å². The first-order chi connectivity index (χ1) is 19.1. The van der Waals surface area contributed by atoms with Crippen LogP contribution in [0.3, 0.4) is 0 Å². The molecule has 0 unspecified atom stereocenters. The second-order valence-corrected chi connectivity index (χ2v) is 10.3. The van der Waals surface area contributed by atoms with Crippen molar-refractivity contribution < 1.29 is 40.7 Å². The lowest BCUT2D eigenvalue weighted by Crippen LogP contribution is -2.45. The van der Waals surface area contributed by atoms with Crippen LogP contribution in [0.1, 0.15) is 46.3 Å². The SMILES string of the molecule is CN(C(=O)c1cc(C(F)(F)F)cc(C(F)(F)F)c1)[C@H](/C=C/C(=O)N[C@H]1CCCCNC1=O)Cc1ccc(Cl)c(Cl)c1. The molecule has 2 N–H and O–H groups in total. The zero-order valence-corrected chi connectivity index (χ0v) is 23.0. The number of benzene rings is 2. The van der Waals surface area contributed by atoms with Gasteiger partial charge in [-0.15, -0.1) is 0 Å². The van der Waals surface area contributed by atoms with Gasteiger partial charge in [-0.25, -0.2) is 0 Å². The fourth-order valence-electron chi connectivity index (χ4n) is 4.17. The Balaban J connectivity index is 1.94. The predicted molar refractivity (Wildman–Crippen MR) is 140 cm³/mol. The summed E-state index contributed by atoms with van der Waals surface area (Å²) in [5.41, 5.74) is -3.61. The maximum absolute atomic E-state index is 13.4. The van der Waals surface area contributed by atoms with Crippen LogP contribution >= 0.6 is 23.2 Å². The van der Waals surface area contributed by atoms with Crippen molar-refractivity contribution in [3.63, 3.8) is 0 Å². The van der Waals surface area contributed by atoms with Gasteiger partial charge < -0.3 is 15.5 Å². The first-order valence-electron chi connectivity index (χ1n) is 12.3. The first-order valence-corrected chi connectivity index (χ1v) is 13.1. The molecule has 2 atom stereocenters. The van der Waals surface area contributed by atoms with Gasteiger partial charge >= 0.3 is 12.4 Å². The van der Waals surface area contributed by atoms with Crippen molar-refractivity contribution in [2.45, 2.75) is 50.1 Å². The van der Waals surface area contributed by atoms with Crippen LogP contribution in [0, 0.1) is 0 Å². The molecule has 3 amide bonds. The highest BCUT2D eigenvalue weighted by molar-refractivity contribution is 6.42. The quantitative estimate of drug-likeness (QED) is 0.291. The maximum atomic E-state index is 13.4. The summed E-state index contributed by atoms with van der Waals surface area (Å²) in [4.78, 5) is 39.0. The molecular weight excluding hydrogens is 599 g/mol. The zero-order valence-electron chi connectivity index (χ0n) is 21.5. The Morgan fingerprint density at radius 3 is 2.24 bits per heavy atom. The molecule has 1 saturated heterocycles. The van der Waals surface area contributed by atoms with Crippen molar-refractivity contribution in [2.75, 3.05) is 13.6 Å². The van der Waals surface area contributed by atoms with Gasteiger partial charge in [0.15, 0.2) is 0 Å². The molecule has 3 rings (SSSR count). The number of nitrogens with zero attached hydrogens (tertiary/aromatic N) is 1. The number of amides is 3. The van der Waals surface area contributed by atoms with Crippen LogP contribution in [0.5, 0.6) is 0 Å². The highest BCUT2D eigenvalue weighted by atomic mass is 35.5. The molecule has 0 aromatic heterocycles. The summed E-state index contributed by atoms with van der Waals surface area (Å²) >= 11 is 12.0. The smallest absolute Gasteiger partial charge is 0.354 e. The third-order valence-electron chi connectivity index (χ3n) is 6.40. The van der Waals surface area contributed by atoms with Crippen LogP contribution in [0.15, 0.2) is 48.6 Å². The van der Waals surface area contributed by atoms with Gasteiger partial charge in [0.2, 0.25) is 11.8 Å². The molecule has 0 saturated carbocycles. The van der Waals surface area contributed by atoms with E-state index >= 15 is 0 Å². The van der Waals surface area contributed by atoms with Crippen LogP contribution in [0.2, 0.25) is 10.0 Å². The van der Waals surface area contributed by atoms with E-state index in [1.807, 2.05) is 0 Å². The number of carbonyl (C=O) groups is 3. The molecule has 14 heteroatoms. The molecule has 2 aromatic rings. The predicted octanol–water partition coefficient (Wildman–Crippen LogP) is 6.06. The van der Waals surface area contributed by atoms with Crippen LogP contribution in [-0.2, 0) is 28.4 Å². The topological polar surface area (TPSA) is 78.5 Å². The monoisotopic (exact) mass is 623 g/mol. The summed E-state index contributed by atoms with van der Waals surface area (Å²) < 4.78 is 80.2. The standard InChI is InChI=1S/C27H25Cl2F6N3O3/c1-38(25(41)16-12-17(26(30,31)32)14-18(13-16)27(33,34)35)19(10-15-5-7-20(28)21(29)11-15)6-8-23(39)37-22-4-2-3-9-36-24(22)40/h5-8,11-14,19,22H,2-4,9-10H2,1H3,(H,36,40)(H,37,39)/b8-6+/t19-,22+/m1/s1. The fraction of sp³-hybridized carbons (Fsp3) is 0.370. The molecular formula is C27H25Cl2F6N3O3. The van der Waals surface area contributed by atoms with Crippen molar-refractivity contribution >= 4 is 40.9 Å². The number of halogens is 8. The molecule has 0 aliphatic carbocycles. The number of likely N-dealkylation sites (N-methyl/N-ethyl adjacent to an activating group) is 1. The third kappa shape index (κ3) is 8.87. The van der Waals surface area contributed by atoms with E-state index in [2.05, 4.69) is 10.6 Å². The van der Waals surface area contributed by atoms with Crippen LogP contribution < -0.4 is 10.6 Å².